The molecule has 0 spiro atoms. The van der Waals surface area contributed by atoms with E-state index >= 15 is 0 Å². The van der Waals surface area contributed by atoms with Gasteiger partial charge in [-0.2, -0.15) is 12.6 Å². The van der Waals surface area contributed by atoms with E-state index in [1.165, 1.54) is 5.56 Å². The van der Waals surface area contributed by atoms with Crippen LogP contribution in [0.2, 0.25) is 0 Å². The van der Waals surface area contributed by atoms with Crippen molar-refractivity contribution in [2.24, 2.45) is 0 Å². The quantitative estimate of drug-likeness (QED) is 0.230. The maximum atomic E-state index is 11.8. The van der Waals surface area contributed by atoms with E-state index in [1.807, 2.05) is 42.5 Å². The number of rotatable bonds is 10. The smallest absolute Gasteiger partial charge is 0.319 e. The van der Waals surface area contributed by atoms with E-state index in [0.29, 0.717) is 26.2 Å². The largest absolute Gasteiger partial charge is 0.489 e. The molecule has 3 aromatic carbocycles. The lowest BCUT2D eigenvalue weighted by atomic mass is 9.87. The maximum Gasteiger partial charge on any atom is 0.319 e. The number of carbonyl (C=O) groups is 1. The second-order valence-corrected chi connectivity index (χ2v) is 10.9. The van der Waals surface area contributed by atoms with Crippen molar-refractivity contribution in [2.45, 2.75) is 71.3 Å². The van der Waals surface area contributed by atoms with Crippen molar-refractivity contribution in [2.75, 3.05) is 13.2 Å². The third-order valence-corrected chi connectivity index (χ3v) is 7.64. The summed E-state index contributed by atoms with van der Waals surface area (Å²) in [7, 11) is 0. The van der Waals surface area contributed by atoms with E-state index in [4.69, 9.17) is 18.9 Å². The zero-order chi connectivity index (χ0) is 27.3. The normalized spacial score (nSPS) is 17.2. The van der Waals surface area contributed by atoms with Crippen LogP contribution in [0.3, 0.4) is 0 Å². The van der Waals surface area contributed by atoms with Gasteiger partial charge in [-0.05, 0) is 93.8 Å². The lowest BCUT2D eigenvalue weighted by Crippen LogP contribution is -2.42. The van der Waals surface area contributed by atoms with Crippen LogP contribution in [0.4, 0.5) is 0 Å². The number of ether oxygens (including phenoxy) is 4. The molecule has 1 aliphatic rings. The van der Waals surface area contributed by atoms with Gasteiger partial charge in [0.1, 0.15) is 41.3 Å². The van der Waals surface area contributed by atoms with Crippen LogP contribution < -0.4 is 14.2 Å². The highest BCUT2D eigenvalue weighted by molar-refractivity contribution is 7.81. The van der Waals surface area contributed by atoms with Gasteiger partial charge in [-0.1, -0.05) is 42.5 Å². The number of hydrogen-bond donors (Lipinski definition) is 1. The molecule has 0 radical (unpaired) electrons. The summed E-state index contributed by atoms with van der Waals surface area (Å²) in [6, 6.07) is 18.0. The van der Waals surface area contributed by atoms with Crippen molar-refractivity contribution in [1.29, 1.82) is 0 Å². The number of hydrogen-bond acceptors (Lipinski definition) is 6. The zero-order valence-corrected chi connectivity index (χ0v) is 23.9. The predicted molar refractivity (Wildman–Crippen MR) is 154 cm³/mol. The van der Waals surface area contributed by atoms with E-state index in [0.717, 1.165) is 57.9 Å². The van der Waals surface area contributed by atoms with Gasteiger partial charge in [-0.3, -0.25) is 4.79 Å². The van der Waals surface area contributed by atoms with E-state index < -0.39 is 10.9 Å². The van der Waals surface area contributed by atoms with Crippen molar-refractivity contribution in [3.05, 3.63) is 88.0 Å². The molecular formula is C32H38O5S. The third-order valence-electron chi connectivity index (χ3n) is 7.24. The minimum Gasteiger partial charge on any atom is -0.489 e. The SMILES string of the molecule is CCOC(=O)C(S)Cc1ccc(OCC2(C)CCc3c(C)c(OCc4ccccc4)c(C)c(C)c3O2)cc1. The van der Waals surface area contributed by atoms with Gasteiger partial charge in [-0.15, -0.1) is 0 Å². The molecule has 38 heavy (non-hydrogen) atoms. The summed E-state index contributed by atoms with van der Waals surface area (Å²) in [4.78, 5) is 11.8. The topological polar surface area (TPSA) is 54.0 Å². The van der Waals surface area contributed by atoms with Crippen molar-refractivity contribution < 1.29 is 23.7 Å². The lowest BCUT2D eigenvalue weighted by Gasteiger charge is -2.38. The molecule has 2 atom stereocenters. The summed E-state index contributed by atoms with van der Waals surface area (Å²) in [6.07, 6.45) is 2.26. The fourth-order valence-corrected chi connectivity index (χ4v) is 5.12. The van der Waals surface area contributed by atoms with E-state index in [-0.39, 0.29) is 5.97 Å². The van der Waals surface area contributed by atoms with Gasteiger partial charge in [-0.25, -0.2) is 0 Å². The Kier molecular flexibility index (Phi) is 8.93. The molecule has 0 saturated heterocycles. The predicted octanol–water partition coefficient (Wildman–Crippen LogP) is 6.76. The van der Waals surface area contributed by atoms with Crippen LogP contribution in [0.1, 0.15) is 53.6 Å². The van der Waals surface area contributed by atoms with E-state index in [2.05, 4.69) is 52.5 Å². The second kappa shape index (κ2) is 12.2. The molecule has 0 saturated carbocycles. The summed E-state index contributed by atoms with van der Waals surface area (Å²) in [5, 5.41) is -0.476. The van der Waals surface area contributed by atoms with Crippen molar-refractivity contribution >= 4 is 18.6 Å². The van der Waals surface area contributed by atoms with Crippen molar-refractivity contribution in [1.82, 2.24) is 0 Å². The highest BCUT2D eigenvalue weighted by atomic mass is 32.1. The fraction of sp³-hybridized carbons (Fsp3) is 0.406. The molecule has 0 aliphatic carbocycles. The zero-order valence-electron chi connectivity index (χ0n) is 23.0. The Hall–Kier alpha value is -3.12. The Morgan fingerprint density at radius 1 is 0.974 bits per heavy atom. The van der Waals surface area contributed by atoms with Crippen LogP contribution in [0.15, 0.2) is 54.6 Å². The number of thiol groups is 1. The average Bonchev–Trinajstić information content (AvgIpc) is 2.92. The molecule has 0 fully saturated rings. The van der Waals surface area contributed by atoms with E-state index in [9.17, 15) is 4.79 Å². The highest BCUT2D eigenvalue weighted by Gasteiger charge is 2.35. The minimum atomic E-state index is -0.476. The van der Waals surface area contributed by atoms with Gasteiger partial charge in [0.2, 0.25) is 0 Å². The first kappa shape index (κ1) is 27.9. The molecule has 0 aromatic heterocycles. The Balaban J connectivity index is 1.40. The first-order chi connectivity index (χ1) is 18.2. The van der Waals surface area contributed by atoms with Gasteiger partial charge in [0.05, 0.1) is 6.61 Å². The molecular weight excluding hydrogens is 496 g/mol. The van der Waals surface area contributed by atoms with Crippen LogP contribution in [-0.2, 0) is 29.0 Å². The molecule has 0 bridgehead atoms. The minimum absolute atomic E-state index is 0.297. The number of esters is 1. The standard InChI is InChI=1S/C32H38O5S/c1-6-34-31(33)28(38)18-24-12-14-26(15-13-24)36-20-32(5)17-16-27-23(4)29(21(2)22(3)30(27)37-32)35-19-25-10-8-7-9-11-25/h7-15,28,38H,6,16-20H2,1-5H3. The first-order valence-electron chi connectivity index (χ1n) is 13.3. The summed E-state index contributed by atoms with van der Waals surface area (Å²) in [5.41, 5.74) is 6.33. The van der Waals surface area contributed by atoms with E-state index in [1.54, 1.807) is 6.92 Å². The van der Waals surface area contributed by atoms with Crippen LogP contribution in [0, 0.1) is 20.8 Å². The second-order valence-electron chi connectivity index (χ2n) is 10.2. The third kappa shape index (κ3) is 6.47. The highest BCUT2D eigenvalue weighted by Crippen LogP contribution is 2.44. The molecule has 6 heteroatoms. The van der Waals surface area contributed by atoms with Crippen molar-refractivity contribution in [3.63, 3.8) is 0 Å². The van der Waals surface area contributed by atoms with Gasteiger partial charge in [0, 0.05) is 5.56 Å². The molecule has 5 nitrogen and oxygen atoms in total. The molecule has 1 aliphatic heterocycles. The Morgan fingerprint density at radius 2 is 1.68 bits per heavy atom. The van der Waals surface area contributed by atoms with Gasteiger partial charge in [0.25, 0.3) is 0 Å². The molecule has 0 N–H and O–H groups in total. The van der Waals surface area contributed by atoms with Gasteiger partial charge < -0.3 is 18.9 Å². The first-order valence-corrected chi connectivity index (χ1v) is 13.8. The summed E-state index contributed by atoms with van der Waals surface area (Å²) in [5.74, 6) is 2.39. The van der Waals surface area contributed by atoms with Gasteiger partial charge in [0.15, 0.2) is 0 Å². The molecule has 202 valence electrons. The maximum absolute atomic E-state index is 11.8. The number of fused-ring (bicyclic) bond motifs is 1. The van der Waals surface area contributed by atoms with Crippen LogP contribution in [-0.4, -0.2) is 30.0 Å². The number of carbonyl (C=O) groups excluding carboxylic acids is 1. The van der Waals surface area contributed by atoms with Gasteiger partial charge >= 0.3 is 5.97 Å². The lowest BCUT2D eigenvalue weighted by molar-refractivity contribution is -0.142. The molecule has 1 heterocycles. The summed E-state index contributed by atoms with van der Waals surface area (Å²) >= 11 is 4.37. The molecule has 0 amide bonds. The monoisotopic (exact) mass is 534 g/mol. The Labute approximate surface area is 231 Å². The Morgan fingerprint density at radius 3 is 2.37 bits per heavy atom. The van der Waals surface area contributed by atoms with Crippen LogP contribution >= 0.6 is 12.6 Å². The molecule has 4 rings (SSSR count). The summed E-state index contributed by atoms with van der Waals surface area (Å²) in [6.45, 7) is 11.6. The fourth-order valence-electron chi connectivity index (χ4n) is 4.83. The molecule has 2 unspecified atom stereocenters. The average molecular weight is 535 g/mol. The van der Waals surface area contributed by atoms with Crippen LogP contribution in [0.5, 0.6) is 17.2 Å². The molecule has 3 aromatic rings. The van der Waals surface area contributed by atoms with Crippen LogP contribution in [0.25, 0.3) is 0 Å². The van der Waals surface area contributed by atoms with Crippen molar-refractivity contribution in [3.8, 4) is 17.2 Å². The summed E-state index contributed by atoms with van der Waals surface area (Å²) < 4.78 is 24.1. The Bertz CT molecular complexity index is 1260. The number of benzene rings is 3.